The molecule has 1 aromatic carbocycles. The van der Waals surface area contributed by atoms with Crippen LogP contribution in [0.1, 0.15) is 32.6 Å². The van der Waals surface area contributed by atoms with Gasteiger partial charge in [0.25, 0.3) is 0 Å². The van der Waals surface area contributed by atoms with Gasteiger partial charge in [0.2, 0.25) is 0 Å². The number of methoxy groups -OCH3 is 1. The third kappa shape index (κ3) is 2.62. The van der Waals surface area contributed by atoms with Gasteiger partial charge in [-0.25, -0.2) is 0 Å². The Bertz CT molecular complexity index is 658. The average Bonchev–Trinajstić information content (AvgIpc) is 2.74. The molecule has 2 unspecified atom stereocenters. The Balaban J connectivity index is 1.91. The molecule has 1 aromatic heterocycles. The van der Waals surface area contributed by atoms with Gasteiger partial charge in [-0.1, -0.05) is 19.8 Å². The van der Waals surface area contributed by atoms with Gasteiger partial charge >= 0.3 is 0 Å². The molecule has 0 spiro atoms. The first-order valence-corrected chi connectivity index (χ1v) is 7.84. The number of benzene rings is 1. The van der Waals surface area contributed by atoms with E-state index in [1.165, 1.54) is 31.2 Å². The first-order valence-electron chi connectivity index (χ1n) is 7.44. The lowest BCUT2D eigenvalue weighted by molar-refractivity contribution is 0.258. The van der Waals surface area contributed by atoms with Crippen LogP contribution in [0, 0.1) is 16.6 Å². The monoisotopic (exact) mass is 290 g/mol. The van der Waals surface area contributed by atoms with Gasteiger partial charge < -0.3 is 14.3 Å². The van der Waals surface area contributed by atoms with Crippen molar-refractivity contribution in [1.82, 2.24) is 9.55 Å². The molecule has 0 aliphatic heterocycles. The number of nitrogens with zero attached hydrogens (tertiary/aromatic N) is 1. The van der Waals surface area contributed by atoms with Crippen molar-refractivity contribution in [2.45, 2.75) is 39.2 Å². The molecular formula is C16H22N2OS. The van der Waals surface area contributed by atoms with Crippen molar-refractivity contribution in [3.05, 3.63) is 23.0 Å². The van der Waals surface area contributed by atoms with Crippen LogP contribution in [-0.4, -0.2) is 16.7 Å². The van der Waals surface area contributed by atoms with Crippen LogP contribution in [0.4, 0.5) is 0 Å². The lowest BCUT2D eigenvalue weighted by Crippen LogP contribution is -2.18. The highest BCUT2D eigenvalue weighted by atomic mass is 32.1. The maximum atomic E-state index is 5.50. The zero-order valence-corrected chi connectivity index (χ0v) is 13.0. The van der Waals surface area contributed by atoms with Gasteiger partial charge in [-0.2, -0.15) is 0 Å². The number of H-pyrrole nitrogens is 1. The number of aromatic nitrogens is 2. The van der Waals surface area contributed by atoms with Crippen LogP contribution < -0.4 is 4.74 Å². The molecule has 0 amide bonds. The first-order chi connectivity index (χ1) is 9.67. The molecule has 4 heteroatoms. The number of hydrogen-bond donors (Lipinski definition) is 1. The van der Waals surface area contributed by atoms with E-state index in [9.17, 15) is 0 Å². The summed E-state index contributed by atoms with van der Waals surface area (Å²) in [5.74, 6) is 2.48. The zero-order chi connectivity index (χ0) is 14.1. The molecule has 2 aromatic rings. The summed E-state index contributed by atoms with van der Waals surface area (Å²) < 4.78 is 8.35. The molecule has 0 bridgehead atoms. The van der Waals surface area contributed by atoms with Crippen LogP contribution in [-0.2, 0) is 6.54 Å². The minimum atomic E-state index is 0.756. The standard InChI is InChI=1S/C16H22N2OS/c1-11-4-3-5-12(8-11)10-18-15-7-6-13(19-2)9-14(15)17-16(18)20/h6-7,9,11-12H,3-5,8,10H2,1-2H3,(H,17,20). The van der Waals surface area contributed by atoms with Gasteiger partial charge in [-0.15, -0.1) is 0 Å². The Labute approximate surface area is 125 Å². The Morgan fingerprint density at radius 2 is 2.25 bits per heavy atom. The molecule has 1 aliphatic carbocycles. The van der Waals surface area contributed by atoms with Gasteiger partial charge in [0.15, 0.2) is 4.77 Å². The van der Waals surface area contributed by atoms with Crippen molar-refractivity contribution in [1.29, 1.82) is 0 Å². The highest BCUT2D eigenvalue weighted by Crippen LogP contribution is 2.31. The third-order valence-corrected chi connectivity index (χ3v) is 4.79. The molecule has 3 rings (SSSR count). The van der Waals surface area contributed by atoms with Gasteiger partial charge in [0, 0.05) is 12.6 Å². The van der Waals surface area contributed by atoms with Crippen LogP contribution in [0.3, 0.4) is 0 Å². The maximum Gasteiger partial charge on any atom is 0.178 e. The molecule has 3 nitrogen and oxygen atoms in total. The van der Waals surface area contributed by atoms with E-state index in [0.29, 0.717) is 0 Å². The van der Waals surface area contributed by atoms with Crippen molar-refractivity contribution in [3.63, 3.8) is 0 Å². The molecule has 108 valence electrons. The fraction of sp³-hybridized carbons (Fsp3) is 0.562. The summed E-state index contributed by atoms with van der Waals surface area (Å²) in [7, 11) is 1.69. The lowest BCUT2D eigenvalue weighted by Gasteiger charge is -2.27. The van der Waals surface area contributed by atoms with Gasteiger partial charge in [0.1, 0.15) is 5.75 Å². The highest BCUT2D eigenvalue weighted by Gasteiger charge is 2.20. The van der Waals surface area contributed by atoms with Crippen molar-refractivity contribution >= 4 is 23.3 Å². The Morgan fingerprint density at radius 3 is 3.00 bits per heavy atom. The number of rotatable bonds is 3. The second-order valence-corrected chi connectivity index (χ2v) is 6.45. The number of fused-ring (bicyclic) bond motifs is 1. The largest absolute Gasteiger partial charge is 0.497 e. The lowest BCUT2D eigenvalue weighted by atomic mass is 9.82. The Kier molecular flexibility index (Phi) is 3.83. The fourth-order valence-electron chi connectivity index (χ4n) is 3.43. The topological polar surface area (TPSA) is 29.9 Å². The summed E-state index contributed by atoms with van der Waals surface area (Å²) >= 11 is 5.50. The van der Waals surface area contributed by atoms with Crippen molar-refractivity contribution in [2.75, 3.05) is 7.11 Å². The van der Waals surface area contributed by atoms with Crippen LogP contribution in [0.15, 0.2) is 18.2 Å². The number of aromatic amines is 1. The molecule has 1 aliphatic rings. The first kappa shape index (κ1) is 13.7. The number of ether oxygens (including phenoxy) is 1. The summed E-state index contributed by atoms with van der Waals surface area (Å²) in [6.07, 6.45) is 5.39. The van der Waals surface area contributed by atoms with Crippen LogP contribution in [0.25, 0.3) is 11.0 Å². The minimum absolute atomic E-state index is 0.756. The summed E-state index contributed by atoms with van der Waals surface area (Å²) in [6.45, 7) is 3.40. The Morgan fingerprint density at radius 1 is 1.40 bits per heavy atom. The second kappa shape index (κ2) is 5.60. The maximum absolute atomic E-state index is 5.50. The van der Waals surface area contributed by atoms with Gasteiger partial charge in [-0.3, -0.25) is 0 Å². The predicted molar refractivity (Wildman–Crippen MR) is 84.8 cm³/mol. The summed E-state index contributed by atoms with van der Waals surface area (Å²) in [5, 5.41) is 0. The van der Waals surface area contributed by atoms with Gasteiger partial charge in [0.05, 0.1) is 18.1 Å². The molecule has 1 heterocycles. The number of imidazole rings is 1. The smallest absolute Gasteiger partial charge is 0.178 e. The van der Waals surface area contributed by atoms with Crippen LogP contribution >= 0.6 is 12.2 Å². The van der Waals surface area contributed by atoms with E-state index in [4.69, 9.17) is 17.0 Å². The fourth-order valence-corrected chi connectivity index (χ4v) is 3.72. The third-order valence-electron chi connectivity index (χ3n) is 4.47. The van der Waals surface area contributed by atoms with Crippen LogP contribution in [0.5, 0.6) is 5.75 Å². The second-order valence-electron chi connectivity index (χ2n) is 6.06. The highest BCUT2D eigenvalue weighted by molar-refractivity contribution is 7.71. The van der Waals surface area contributed by atoms with Gasteiger partial charge in [-0.05, 0) is 49.0 Å². The molecular weight excluding hydrogens is 268 g/mol. The van der Waals surface area contributed by atoms with E-state index < -0.39 is 0 Å². The van der Waals surface area contributed by atoms with E-state index in [1.54, 1.807) is 7.11 Å². The minimum Gasteiger partial charge on any atom is -0.497 e. The molecule has 1 fully saturated rings. The molecule has 1 saturated carbocycles. The SMILES string of the molecule is COc1ccc2c(c1)[nH]c(=S)n2CC1CCCC(C)C1. The van der Waals surface area contributed by atoms with Crippen molar-refractivity contribution in [2.24, 2.45) is 11.8 Å². The van der Waals surface area contributed by atoms with E-state index in [-0.39, 0.29) is 0 Å². The summed E-state index contributed by atoms with van der Waals surface area (Å²) in [5.41, 5.74) is 2.26. The number of hydrogen-bond acceptors (Lipinski definition) is 2. The summed E-state index contributed by atoms with van der Waals surface area (Å²) in [4.78, 5) is 3.30. The normalized spacial score (nSPS) is 23.1. The predicted octanol–water partition coefficient (Wildman–Crippen LogP) is 4.53. The van der Waals surface area contributed by atoms with Crippen molar-refractivity contribution in [3.8, 4) is 5.75 Å². The zero-order valence-electron chi connectivity index (χ0n) is 12.2. The van der Waals surface area contributed by atoms with E-state index in [2.05, 4.69) is 22.5 Å². The number of nitrogens with one attached hydrogen (secondary N) is 1. The summed E-state index contributed by atoms with van der Waals surface area (Å²) in [6, 6.07) is 6.13. The van der Waals surface area contributed by atoms with E-state index in [0.717, 1.165) is 34.4 Å². The van der Waals surface area contributed by atoms with E-state index >= 15 is 0 Å². The molecule has 0 saturated heterocycles. The van der Waals surface area contributed by atoms with Crippen molar-refractivity contribution < 1.29 is 4.74 Å². The van der Waals surface area contributed by atoms with E-state index in [1.807, 2.05) is 12.1 Å². The van der Waals surface area contributed by atoms with Crippen LogP contribution in [0.2, 0.25) is 0 Å². The average molecular weight is 290 g/mol. The molecule has 2 atom stereocenters. The molecule has 1 N–H and O–H groups in total. The quantitative estimate of drug-likeness (QED) is 0.841. The molecule has 0 radical (unpaired) electrons. The Hall–Kier alpha value is -1.29. The molecule has 20 heavy (non-hydrogen) atoms.